The van der Waals surface area contributed by atoms with E-state index in [1.807, 2.05) is 0 Å². The molecule has 1 unspecified atom stereocenters. The summed E-state index contributed by atoms with van der Waals surface area (Å²) in [4.78, 5) is 63.9. The van der Waals surface area contributed by atoms with Crippen LogP contribution in [0.2, 0.25) is 0 Å². The van der Waals surface area contributed by atoms with Gasteiger partial charge in [0.05, 0.1) is 5.69 Å². The molecule has 1 saturated heterocycles. The van der Waals surface area contributed by atoms with Crippen molar-refractivity contribution in [1.29, 1.82) is 0 Å². The molecule has 0 aromatic heterocycles. The van der Waals surface area contributed by atoms with Gasteiger partial charge >= 0.3 is 0 Å². The molecule has 10 nitrogen and oxygen atoms in total. The van der Waals surface area contributed by atoms with Gasteiger partial charge in [-0.25, -0.2) is 0 Å². The lowest BCUT2D eigenvalue weighted by atomic mass is 10.0. The molecule has 0 bridgehead atoms. The fourth-order valence-electron chi connectivity index (χ4n) is 4.27. The molecule has 3 aliphatic rings. The third-order valence-electron chi connectivity index (χ3n) is 6.09. The molecular formula is C23H20N4O6. The van der Waals surface area contributed by atoms with Crippen LogP contribution in [0.25, 0.3) is 0 Å². The molecule has 0 aliphatic carbocycles. The number of anilines is 2. The molecule has 1 atom stereocenters. The van der Waals surface area contributed by atoms with Crippen LogP contribution < -0.4 is 20.3 Å². The number of piperidine rings is 1. The van der Waals surface area contributed by atoms with Crippen molar-refractivity contribution in [2.75, 3.05) is 23.9 Å². The zero-order valence-electron chi connectivity index (χ0n) is 17.7. The zero-order valence-corrected chi connectivity index (χ0v) is 17.7. The smallest absolute Gasteiger partial charge is 0.264 e. The Balaban J connectivity index is 1.32. The first kappa shape index (κ1) is 20.7. The average molecular weight is 448 g/mol. The second-order valence-electron chi connectivity index (χ2n) is 8.15. The molecule has 5 rings (SSSR count). The van der Waals surface area contributed by atoms with Crippen molar-refractivity contribution in [2.45, 2.75) is 25.4 Å². The topological polar surface area (TPSA) is 125 Å². The number of carbonyl (C=O) groups excluding carboxylic acids is 5. The minimum absolute atomic E-state index is 0.0660. The van der Waals surface area contributed by atoms with Gasteiger partial charge in [0.2, 0.25) is 11.8 Å². The summed E-state index contributed by atoms with van der Waals surface area (Å²) in [5, 5.41) is 5.07. The van der Waals surface area contributed by atoms with Crippen LogP contribution in [0.15, 0.2) is 36.4 Å². The predicted octanol–water partition coefficient (Wildman–Crippen LogP) is 1.06. The van der Waals surface area contributed by atoms with Crippen molar-refractivity contribution in [3.8, 4) is 5.75 Å². The SMILES string of the molecule is CN1C(=O)COc2cc(NC(=O)c3ccc4c(c3)CN(C3CCC(=O)NC3=O)C4=O)ccc21. The number of likely N-dealkylation sites (N-methyl/N-ethyl adjacent to an activating group) is 1. The monoisotopic (exact) mass is 448 g/mol. The van der Waals surface area contributed by atoms with Crippen LogP contribution in [0.4, 0.5) is 11.4 Å². The number of hydrogen-bond acceptors (Lipinski definition) is 6. The molecule has 168 valence electrons. The highest BCUT2D eigenvalue weighted by Crippen LogP contribution is 2.34. The van der Waals surface area contributed by atoms with E-state index >= 15 is 0 Å². The minimum atomic E-state index is -0.708. The van der Waals surface area contributed by atoms with Gasteiger partial charge in [-0.05, 0) is 42.3 Å². The number of nitrogens with zero attached hydrogens (tertiary/aromatic N) is 2. The van der Waals surface area contributed by atoms with Crippen LogP contribution in [0, 0.1) is 0 Å². The molecule has 0 spiro atoms. The van der Waals surface area contributed by atoms with E-state index in [0.29, 0.717) is 33.8 Å². The summed E-state index contributed by atoms with van der Waals surface area (Å²) < 4.78 is 5.45. The highest BCUT2D eigenvalue weighted by molar-refractivity contribution is 6.08. The number of nitrogens with one attached hydrogen (secondary N) is 2. The van der Waals surface area contributed by atoms with Crippen LogP contribution in [-0.2, 0) is 20.9 Å². The molecule has 33 heavy (non-hydrogen) atoms. The zero-order chi connectivity index (χ0) is 23.3. The van der Waals surface area contributed by atoms with Crippen molar-refractivity contribution in [2.24, 2.45) is 0 Å². The Labute approximate surface area is 188 Å². The van der Waals surface area contributed by atoms with Gasteiger partial charge in [0, 0.05) is 42.9 Å². The average Bonchev–Trinajstić information content (AvgIpc) is 3.12. The van der Waals surface area contributed by atoms with Gasteiger partial charge in [-0.2, -0.15) is 0 Å². The second-order valence-corrected chi connectivity index (χ2v) is 8.15. The molecule has 3 heterocycles. The Kier molecular flexibility index (Phi) is 4.85. The summed E-state index contributed by atoms with van der Waals surface area (Å²) in [6, 6.07) is 9.09. The van der Waals surface area contributed by atoms with E-state index in [2.05, 4.69) is 10.6 Å². The standard InChI is InChI=1S/C23H20N4O6/c1-26-16-5-3-14(9-18(16)33-11-20(26)29)24-21(30)12-2-4-15-13(8-12)10-27(23(15)32)17-6-7-19(28)25-22(17)31/h2-5,8-9,17H,6-7,10-11H2,1H3,(H,24,30)(H,25,28,31). The number of fused-ring (bicyclic) bond motifs is 2. The maximum absolute atomic E-state index is 12.8. The quantitative estimate of drug-likeness (QED) is 0.677. The Morgan fingerprint density at radius 1 is 1.12 bits per heavy atom. The minimum Gasteiger partial charge on any atom is -0.481 e. The summed E-state index contributed by atoms with van der Waals surface area (Å²) in [7, 11) is 1.66. The first-order valence-corrected chi connectivity index (χ1v) is 10.4. The first-order valence-electron chi connectivity index (χ1n) is 10.4. The number of benzene rings is 2. The van der Waals surface area contributed by atoms with E-state index in [9.17, 15) is 24.0 Å². The van der Waals surface area contributed by atoms with E-state index in [0.717, 1.165) is 0 Å². The fourth-order valence-corrected chi connectivity index (χ4v) is 4.27. The van der Waals surface area contributed by atoms with Crippen molar-refractivity contribution in [1.82, 2.24) is 10.2 Å². The number of imide groups is 1. The second kappa shape index (κ2) is 7.73. The van der Waals surface area contributed by atoms with Gasteiger partial charge in [0.1, 0.15) is 11.8 Å². The molecule has 0 saturated carbocycles. The number of amides is 5. The summed E-state index contributed by atoms with van der Waals surface area (Å²) in [6.07, 6.45) is 0.456. The fraction of sp³-hybridized carbons (Fsp3) is 0.261. The largest absolute Gasteiger partial charge is 0.481 e. The van der Waals surface area contributed by atoms with Gasteiger partial charge in [-0.3, -0.25) is 29.3 Å². The van der Waals surface area contributed by atoms with Crippen LogP contribution in [0.5, 0.6) is 5.75 Å². The lowest BCUT2D eigenvalue weighted by Crippen LogP contribution is -2.52. The van der Waals surface area contributed by atoms with Crippen LogP contribution in [0.1, 0.15) is 39.1 Å². The third kappa shape index (κ3) is 3.59. The van der Waals surface area contributed by atoms with E-state index in [1.54, 1.807) is 43.4 Å². The molecular weight excluding hydrogens is 428 g/mol. The summed E-state index contributed by atoms with van der Waals surface area (Å²) in [6.45, 7) is 0.123. The van der Waals surface area contributed by atoms with E-state index in [4.69, 9.17) is 4.74 Å². The molecule has 2 aromatic carbocycles. The number of carbonyl (C=O) groups is 5. The van der Waals surface area contributed by atoms with Crippen molar-refractivity contribution in [3.05, 3.63) is 53.1 Å². The molecule has 3 aliphatic heterocycles. The van der Waals surface area contributed by atoms with Crippen molar-refractivity contribution in [3.63, 3.8) is 0 Å². The molecule has 5 amide bonds. The van der Waals surface area contributed by atoms with Crippen LogP contribution in [0.3, 0.4) is 0 Å². The van der Waals surface area contributed by atoms with Crippen LogP contribution >= 0.6 is 0 Å². The molecule has 2 N–H and O–H groups in total. The Hall–Kier alpha value is -4.21. The van der Waals surface area contributed by atoms with Crippen LogP contribution in [-0.4, -0.2) is 54.1 Å². The van der Waals surface area contributed by atoms with Crippen molar-refractivity contribution >= 4 is 40.9 Å². The summed E-state index contributed by atoms with van der Waals surface area (Å²) in [5.74, 6) is -1.15. The van der Waals surface area contributed by atoms with Gasteiger partial charge < -0.3 is 19.9 Å². The summed E-state index contributed by atoms with van der Waals surface area (Å²) in [5.41, 5.74) is 2.56. The van der Waals surface area contributed by atoms with Gasteiger partial charge in [0.15, 0.2) is 6.61 Å². The normalized spacial score (nSPS) is 19.6. The highest BCUT2D eigenvalue weighted by Gasteiger charge is 2.39. The van der Waals surface area contributed by atoms with E-state index in [1.165, 1.54) is 9.80 Å². The summed E-state index contributed by atoms with van der Waals surface area (Å²) >= 11 is 0. The Morgan fingerprint density at radius 3 is 2.73 bits per heavy atom. The van der Waals surface area contributed by atoms with Gasteiger partial charge in [-0.1, -0.05) is 0 Å². The lowest BCUT2D eigenvalue weighted by Gasteiger charge is -2.29. The van der Waals surface area contributed by atoms with Gasteiger partial charge in [-0.15, -0.1) is 0 Å². The van der Waals surface area contributed by atoms with Crippen molar-refractivity contribution < 1.29 is 28.7 Å². The molecule has 0 radical (unpaired) electrons. The third-order valence-corrected chi connectivity index (χ3v) is 6.09. The maximum atomic E-state index is 12.8. The molecule has 2 aromatic rings. The Bertz CT molecular complexity index is 1240. The highest BCUT2D eigenvalue weighted by atomic mass is 16.5. The van der Waals surface area contributed by atoms with E-state index < -0.39 is 11.9 Å². The molecule has 10 heteroatoms. The number of rotatable bonds is 3. The molecule has 1 fully saturated rings. The Morgan fingerprint density at radius 2 is 1.94 bits per heavy atom. The maximum Gasteiger partial charge on any atom is 0.264 e. The van der Waals surface area contributed by atoms with Gasteiger partial charge in [0.25, 0.3) is 17.7 Å². The first-order chi connectivity index (χ1) is 15.8. The van der Waals surface area contributed by atoms with E-state index in [-0.39, 0.29) is 49.6 Å². The predicted molar refractivity (Wildman–Crippen MR) is 116 cm³/mol. The number of ether oxygens (including phenoxy) is 1. The number of hydrogen-bond donors (Lipinski definition) is 2. The lowest BCUT2D eigenvalue weighted by molar-refractivity contribution is -0.137.